The van der Waals surface area contributed by atoms with Crippen molar-refractivity contribution in [2.75, 3.05) is 39.8 Å². The number of hydrogen-bond acceptors (Lipinski definition) is 4. The van der Waals surface area contributed by atoms with Crippen LogP contribution in [0.4, 0.5) is 0 Å². The predicted octanol–water partition coefficient (Wildman–Crippen LogP) is 2.84. The number of likely N-dealkylation sites (N-methyl/N-ethyl adjacent to an activating group) is 1. The minimum atomic E-state index is -0.899. The highest BCUT2D eigenvalue weighted by Gasteiger charge is 2.46. The van der Waals surface area contributed by atoms with E-state index in [4.69, 9.17) is 4.74 Å². The lowest BCUT2D eigenvalue weighted by Gasteiger charge is -2.43. The second kappa shape index (κ2) is 9.96. The van der Waals surface area contributed by atoms with E-state index in [9.17, 15) is 9.59 Å². The van der Waals surface area contributed by atoms with Crippen molar-refractivity contribution < 1.29 is 14.3 Å². The Morgan fingerprint density at radius 2 is 1.94 bits per heavy atom. The van der Waals surface area contributed by atoms with Gasteiger partial charge in [-0.15, -0.1) is 0 Å². The first-order valence-corrected chi connectivity index (χ1v) is 11.7. The van der Waals surface area contributed by atoms with E-state index in [2.05, 4.69) is 17.1 Å². The Morgan fingerprint density at radius 1 is 1.16 bits per heavy atom. The molecule has 1 aromatic carbocycles. The topological polar surface area (TPSA) is 53.1 Å². The third-order valence-corrected chi connectivity index (χ3v) is 6.97. The summed E-state index contributed by atoms with van der Waals surface area (Å²) in [4.78, 5) is 32.5. The second-order valence-electron chi connectivity index (χ2n) is 9.20. The highest BCUT2D eigenvalue weighted by Crippen LogP contribution is 2.29. The first-order valence-electron chi connectivity index (χ1n) is 11.7. The molecular weight excluding hydrogens is 390 g/mol. The fourth-order valence-corrected chi connectivity index (χ4v) is 5.09. The van der Waals surface area contributed by atoms with Crippen LogP contribution in [0.3, 0.4) is 0 Å². The van der Waals surface area contributed by atoms with E-state index in [1.807, 2.05) is 47.2 Å². The van der Waals surface area contributed by atoms with E-state index in [0.29, 0.717) is 51.8 Å². The third-order valence-electron chi connectivity index (χ3n) is 6.97. The normalized spacial score (nSPS) is 25.6. The minimum absolute atomic E-state index is 0.0270. The van der Waals surface area contributed by atoms with Gasteiger partial charge in [-0.1, -0.05) is 61.7 Å². The molecule has 2 amide bonds. The number of amides is 2. The molecule has 1 saturated heterocycles. The van der Waals surface area contributed by atoms with E-state index >= 15 is 0 Å². The average Bonchev–Trinajstić information content (AvgIpc) is 2.94. The number of morpholine rings is 1. The summed E-state index contributed by atoms with van der Waals surface area (Å²) in [6.45, 7) is 3.13. The van der Waals surface area contributed by atoms with Crippen LogP contribution in [0.1, 0.15) is 44.1 Å². The van der Waals surface area contributed by atoms with Gasteiger partial charge in [0.15, 0.2) is 5.60 Å². The lowest BCUT2D eigenvalue weighted by molar-refractivity contribution is -0.171. The molecule has 1 aromatic rings. The number of ether oxygens (including phenoxy) is 1. The van der Waals surface area contributed by atoms with Crippen molar-refractivity contribution in [3.8, 4) is 0 Å². The Kier molecular flexibility index (Phi) is 7.08. The molecule has 168 valence electrons. The van der Waals surface area contributed by atoms with Crippen LogP contribution in [-0.2, 0) is 20.9 Å². The van der Waals surface area contributed by atoms with Crippen LogP contribution in [-0.4, -0.2) is 78.0 Å². The molecule has 0 aromatic heterocycles. The largest absolute Gasteiger partial charge is 0.362 e. The molecule has 1 spiro atoms. The molecule has 1 atom stereocenters. The highest BCUT2D eigenvalue weighted by molar-refractivity contribution is 5.87. The zero-order chi connectivity index (χ0) is 21.7. The fraction of sp³-hybridized carbons (Fsp3) is 0.600. The summed E-state index contributed by atoms with van der Waals surface area (Å²) in [5.74, 6) is 0.181. The monoisotopic (exact) mass is 425 g/mol. The molecule has 6 nitrogen and oxygen atoms in total. The standard InChI is InChI=1S/C25H35N3O3/c1-26(22-12-6-3-7-13-22)23(29)19-27-16-17-31-25(20-27)14-8-9-15-28(24(25)30)18-21-10-4-2-5-11-21/h2,4-5,8-11,22H,3,6-7,12-20H2,1H3/t25-/m1/s1. The van der Waals surface area contributed by atoms with Gasteiger partial charge < -0.3 is 14.5 Å². The number of carbonyl (C=O) groups excluding carboxylic acids is 2. The van der Waals surface area contributed by atoms with Crippen LogP contribution in [0.2, 0.25) is 0 Å². The maximum Gasteiger partial charge on any atom is 0.257 e. The van der Waals surface area contributed by atoms with E-state index in [0.717, 1.165) is 18.4 Å². The van der Waals surface area contributed by atoms with E-state index in [1.54, 1.807) is 0 Å². The highest BCUT2D eigenvalue weighted by atomic mass is 16.5. The molecule has 2 fully saturated rings. The van der Waals surface area contributed by atoms with Crippen LogP contribution in [0.5, 0.6) is 0 Å². The van der Waals surface area contributed by atoms with Crippen LogP contribution < -0.4 is 0 Å². The van der Waals surface area contributed by atoms with Gasteiger partial charge in [0, 0.05) is 45.7 Å². The van der Waals surface area contributed by atoms with Crippen LogP contribution in [0.25, 0.3) is 0 Å². The quantitative estimate of drug-likeness (QED) is 0.681. The van der Waals surface area contributed by atoms with Gasteiger partial charge in [-0.2, -0.15) is 0 Å². The van der Waals surface area contributed by atoms with E-state index < -0.39 is 5.60 Å². The molecule has 4 rings (SSSR count). The van der Waals surface area contributed by atoms with E-state index in [-0.39, 0.29) is 11.8 Å². The van der Waals surface area contributed by atoms with Crippen molar-refractivity contribution in [2.24, 2.45) is 0 Å². The van der Waals surface area contributed by atoms with Crippen molar-refractivity contribution in [1.29, 1.82) is 0 Å². The zero-order valence-electron chi connectivity index (χ0n) is 18.7. The van der Waals surface area contributed by atoms with Gasteiger partial charge in [-0.05, 0) is 18.4 Å². The lowest BCUT2D eigenvalue weighted by atomic mass is 9.94. The molecule has 31 heavy (non-hydrogen) atoms. The lowest BCUT2D eigenvalue weighted by Crippen LogP contribution is -2.61. The van der Waals surface area contributed by atoms with Crippen LogP contribution >= 0.6 is 0 Å². The summed E-state index contributed by atoms with van der Waals surface area (Å²) in [5, 5.41) is 0. The molecule has 2 heterocycles. The minimum Gasteiger partial charge on any atom is -0.362 e. The Hall–Kier alpha value is -2.18. The summed E-state index contributed by atoms with van der Waals surface area (Å²) < 4.78 is 6.15. The van der Waals surface area contributed by atoms with Gasteiger partial charge in [-0.25, -0.2) is 0 Å². The summed E-state index contributed by atoms with van der Waals surface area (Å²) in [6, 6.07) is 10.4. The van der Waals surface area contributed by atoms with Gasteiger partial charge in [0.2, 0.25) is 5.91 Å². The molecule has 6 heteroatoms. The van der Waals surface area contributed by atoms with E-state index in [1.165, 1.54) is 19.3 Å². The smallest absolute Gasteiger partial charge is 0.257 e. The molecule has 2 aliphatic heterocycles. The predicted molar refractivity (Wildman–Crippen MR) is 120 cm³/mol. The van der Waals surface area contributed by atoms with Gasteiger partial charge in [-0.3, -0.25) is 14.5 Å². The van der Waals surface area contributed by atoms with Gasteiger partial charge >= 0.3 is 0 Å². The molecule has 3 aliphatic rings. The number of rotatable bonds is 5. The maximum atomic E-state index is 13.6. The molecule has 0 unspecified atom stereocenters. The fourth-order valence-electron chi connectivity index (χ4n) is 5.09. The Bertz CT molecular complexity index is 790. The van der Waals surface area contributed by atoms with Crippen molar-refractivity contribution in [3.63, 3.8) is 0 Å². The summed E-state index contributed by atoms with van der Waals surface area (Å²) in [6.07, 6.45) is 10.6. The summed E-state index contributed by atoms with van der Waals surface area (Å²) >= 11 is 0. The molecule has 0 radical (unpaired) electrons. The average molecular weight is 426 g/mol. The van der Waals surface area contributed by atoms with Gasteiger partial charge in [0.25, 0.3) is 5.91 Å². The Labute approximate surface area is 185 Å². The van der Waals surface area contributed by atoms with Gasteiger partial charge in [0.1, 0.15) is 0 Å². The molecule has 1 saturated carbocycles. The SMILES string of the molecule is CN(C(=O)CN1CCO[C@]2(CC=CCN(Cc3ccccc3)C2=O)C1)C1CCCCC1. The van der Waals surface area contributed by atoms with Gasteiger partial charge in [0.05, 0.1) is 13.2 Å². The van der Waals surface area contributed by atoms with Crippen LogP contribution in [0.15, 0.2) is 42.5 Å². The molecule has 0 bridgehead atoms. The number of hydrogen-bond donors (Lipinski definition) is 0. The Balaban J connectivity index is 1.42. The van der Waals surface area contributed by atoms with Crippen molar-refractivity contribution in [1.82, 2.24) is 14.7 Å². The molecule has 0 N–H and O–H groups in total. The number of carbonyl (C=O) groups is 2. The summed E-state index contributed by atoms with van der Waals surface area (Å²) in [5.41, 5.74) is 0.210. The second-order valence-corrected chi connectivity index (χ2v) is 9.20. The molecule has 1 aliphatic carbocycles. The molecular formula is C25H35N3O3. The van der Waals surface area contributed by atoms with Crippen molar-refractivity contribution in [2.45, 2.75) is 56.7 Å². The third kappa shape index (κ3) is 5.18. The zero-order valence-corrected chi connectivity index (χ0v) is 18.7. The number of benzene rings is 1. The first-order chi connectivity index (χ1) is 15.1. The van der Waals surface area contributed by atoms with Crippen LogP contribution in [0, 0.1) is 0 Å². The Morgan fingerprint density at radius 3 is 2.71 bits per heavy atom. The maximum absolute atomic E-state index is 13.6. The summed E-state index contributed by atoms with van der Waals surface area (Å²) in [7, 11) is 1.94. The van der Waals surface area contributed by atoms with Crippen molar-refractivity contribution in [3.05, 3.63) is 48.0 Å². The number of nitrogens with zero attached hydrogens (tertiary/aromatic N) is 3. The van der Waals surface area contributed by atoms with Crippen molar-refractivity contribution >= 4 is 11.8 Å². The first kappa shape index (κ1) is 22.0.